The van der Waals surface area contributed by atoms with Crippen molar-refractivity contribution in [1.29, 1.82) is 0 Å². The number of aromatic nitrogens is 1. The fraction of sp³-hybridized carbons (Fsp3) is 0.615. The molecule has 0 aliphatic heterocycles. The SMILES string of the molecule is CC(C)Oc1cccnc1NC1(CN)CCC1. The summed E-state index contributed by atoms with van der Waals surface area (Å²) in [6.07, 6.45) is 5.38. The van der Waals surface area contributed by atoms with Crippen LogP contribution in [0.25, 0.3) is 0 Å². The first-order chi connectivity index (χ1) is 8.15. The summed E-state index contributed by atoms with van der Waals surface area (Å²) in [5.41, 5.74) is 5.87. The summed E-state index contributed by atoms with van der Waals surface area (Å²) in [4.78, 5) is 4.35. The largest absolute Gasteiger partial charge is 0.487 e. The van der Waals surface area contributed by atoms with Gasteiger partial charge >= 0.3 is 0 Å². The molecule has 3 N–H and O–H groups in total. The van der Waals surface area contributed by atoms with Gasteiger partial charge < -0.3 is 15.8 Å². The summed E-state index contributed by atoms with van der Waals surface area (Å²) < 4.78 is 5.74. The number of anilines is 1. The van der Waals surface area contributed by atoms with Crippen molar-refractivity contribution in [1.82, 2.24) is 4.98 Å². The average Bonchev–Trinajstić information content (AvgIpc) is 2.25. The van der Waals surface area contributed by atoms with E-state index in [0.717, 1.165) is 24.4 Å². The van der Waals surface area contributed by atoms with E-state index in [1.54, 1.807) is 6.20 Å². The summed E-state index contributed by atoms with van der Waals surface area (Å²) in [5.74, 6) is 1.62. The van der Waals surface area contributed by atoms with Crippen LogP contribution in [0.4, 0.5) is 5.82 Å². The normalized spacial score (nSPS) is 17.6. The van der Waals surface area contributed by atoms with Gasteiger partial charge in [-0.1, -0.05) is 0 Å². The molecule has 1 saturated carbocycles. The van der Waals surface area contributed by atoms with Crippen LogP contribution in [0.5, 0.6) is 5.75 Å². The van der Waals surface area contributed by atoms with Crippen LogP contribution in [0, 0.1) is 0 Å². The van der Waals surface area contributed by atoms with E-state index in [9.17, 15) is 0 Å². The second kappa shape index (κ2) is 4.92. The van der Waals surface area contributed by atoms with E-state index in [4.69, 9.17) is 10.5 Å². The predicted molar refractivity (Wildman–Crippen MR) is 69.3 cm³/mol. The van der Waals surface area contributed by atoms with Crippen LogP contribution >= 0.6 is 0 Å². The van der Waals surface area contributed by atoms with Gasteiger partial charge in [0.1, 0.15) is 0 Å². The maximum atomic E-state index is 5.84. The van der Waals surface area contributed by atoms with Gasteiger partial charge in [-0.15, -0.1) is 0 Å². The van der Waals surface area contributed by atoms with Crippen LogP contribution in [-0.2, 0) is 0 Å². The first-order valence-corrected chi connectivity index (χ1v) is 6.25. The van der Waals surface area contributed by atoms with E-state index in [1.807, 2.05) is 26.0 Å². The van der Waals surface area contributed by atoms with E-state index in [0.29, 0.717) is 6.54 Å². The molecule has 0 aromatic carbocycles. The highest BCUT2D eigenvalue weighted by atomic mass is 16.5. The lowest BCUT2D eigenvalue weighted by molar-refractivity contribution is 0.239. The third kappa shape index (κ3) is 2.69. The quantitative estimate of drug-likeness (QED) is 0.821. The van der Waals surface area contributed by atoms with Gasteiger partial charge in [0.05, 0.1) is 11.6 Å². The van der Waals surface area contributed by atoms with Gasteiger partial charge in [-0.2, -0.15) is 0 Å². The molecule has 0 bridgehead atoms. The Balaban J connectivity index is 2.14. The fourth-order valence-electron chi connectivity index (χ4n) is 2.07. The Bertz CT molecular complexity index is 369. The van der Waals surface area contributed by atoms with E-state index in [2.05, 4.69) is 10.3 Å². The molecule has 0 unspecified atom stereocenters. The molecule has 2 rings (SSSR count). The Morgan fingerprint density at radius 3 is 2.82 bits per heavy atom. The zero-order chi connectivity index (χ0) is 12.3. The van der Waals surface area contributed by atoms with E-state index in [-0.39, 0.29) is 11.6 Å². The lowest BCUT2D eigenvalue weighted by atomic mass is 9.77. The Morgan fingerprint density at radius 1 is 1.53 bits per heavy atom. The average molecular weight is 235 g/mol. The minimum absolute atomic E-state index is 0.0312. The maximum Gasteiger partial charge on any atom is 0.169 e. The molecule has 1 aliphatic rings. The van der Waals surface area contributed by atoms with E-state index in [1.165, 1.54) is 6.42 Å². The minimum atomic E-state index is 0.0312. The molecule has 1 aromatic rings. The first-order valence-electron chi connectivity index (χ1n) is 6.25. The van der Waals surface area contributed by atoms with Crippen LogP contribution in [0.3, 0.4) is 0 Å². The number of nitrogens with zero attached hydrogens (tertiary/aromatic N) is 1. The van der Waals surface area contributed by atoms with Crippen molar-refractivity contribution in [3.63, 3.8) is 0 Å². The third-order valence-corrected chi connectivity index (χ3v) is 3.22. The Labute approximate surface area is 103 Å². The Hall–Kier alpha value is -1.29. The summed E-state index contributed by atoms with van der Waals surface area (Å²) in [7, 11) is 0. The molecule has 1 aromatic heterocycles. The van der Waals surface area contributed by atoms with Crippen molar-refractivity contribution < 1.29 is 4.74 Å². The van der Waals surface area contributed by atoms with Gasteiger partial charge in [-0.25, -0.2) is 4.98 Å². The van der Waals surface area contributed by atoms with Crippen molar-refractivity contribution in [3.8, 4) is 5.75 Å². The zero-order valence-electron chi connectivity index (χ0n) is 10.6. The number of nitrogens with two attached hydrogens (primary N) is 1. The van der Waals surface area contributed by atoms with E-state index < -0.39 is 0 Å². The Morgan fingerprint density at radius 2 is 2.29 bits per heavy atom. The van der Waals surface area contributed by atoms with Gasteiger partial charge in [0.15, 0.2) is 11.6 Å². The molecule has 1 aliphatic carbocycles. The van der Waals surface area contributed by atoms with E-state index >= 15 is 0 Å². The predicted octanol–water partition coefficient (Wildman–Crippen LogP) is 2.16. The molecule has 0 radical (unpaired) electrons. The summed E-state index contributed by atoms with van der Waals surface area (Å²) >= 11 is 0. The molecular formula is C13H21N3O. The molecule has 0 atom stereocenters. The van der Waals surface area contributed by atoms with Crippen molar-refractivity contribution >= 4 is 5.82 Å². The van der Waals surface area contributed by atoms with Crippen molar-refractivity contribution in [3.05, 3.63) is 18.3 Å². The van der Waals surface area contributed by atoms with Gasteiger partial charge in [0.2, 0.25) is 0 Å². The first kappa shape index (κ1) is 12.2. The van der Waals surface area contributed by atoms with Crippen LogP contribution in [0.2, 0.25) is 0 Å². The summed E-state index contributed by atoms with van der Waals surface area (Å²) in [6, 6.07) is 3.83. The van der Waals surface area contributed by atoms with Gasteiger partial charge in [0.25, 0.3) is 0 Å². The molecule has 4 heteroatoms. The molecule has 1 fully saturated rings. The standard InChI is InChI=1S/C13H21N3O/c1-10(2)17-11-5-3-8-15-12(11)16-13(9-14)6-4-7-13/h3,5,8,10H,4,6-7,9,14H2,1-2H3,(H,15,16). The number of hydrogen-bond donors (Lipinski definition) is 2. The van der Waals surface area contributed by atoms with Crippen LogP contribution in [0.1, 0.15) is 33.1 Å². The number of rotatable bonds is 5. The molecule has 0 saturated heterocycles. The van der Waals surface area contributed by atoms with Gasteiger partial charge in [-0.3, -0.25) is 0 Å². The summed E-state index contributed by atoms with van der Waals surface area (Å²) in [6.45, 7) is 4.67. The highest BCUT2D eigenvalue weighted by Crippen LogP contribution is 2.36. The topological polar surface area (TPSA) is 60.2 Å². The second-order valence-electron chi connectivity index (χ2n) is 4.98. The van der Waals surface area contributed by atoms with Crippen LogP contribution in [-0.4, -0.2) is 23.2 Å². The molecule has 17 heavy (non-hydrogen) atoms. The number of pyridine rings is 1. The minimum Gasteiger partial charge on any atom is -0.487 e. The third-order valence-electron chi connectivity index (χ3n) is 3.22. The molecule has 94 valence electrons. The van der Waals surface area contributed by atoms with Crippen LogP contribution < -0.4 is 15.8 Å². The molecule has 0 spiro atoms. The Kier molecular flexibility index (Phi) is 3.52. The molecule has 4 nitrogen and oxygen atoms in total. The zero-order valence-corrected chi connectivity index (χ0v) is 10.6. The number of hydrogen-bond acceptors (Lipinski definition) is 4. The lowest BCUT2D eigenvalue weighted by Crippen LogP contribution is -2.51. The number of ether oxygens (including phenoxy) is 1. The molecule has 0 amide bonds. The summed E-state index contributed by atoms with van der Waals surface area (Å²) in [5, 5.41) is 3.45. The maximum absolute atomic E-state index is 5.84. The second-order valence-corrected chi connectivity index (χ2v) is 4.98. The van der Waals surface area contributed by atoms with Crippen molar-refractivity contribution in [2.75, 3.05) is 11.9 Å². The number of nitrogens with one attached hydrogen (secondary N) is 1. The van der Waals surface area contributed by atoms with Gasteiger partial charge in [0, 0.05) is 12.7 Å². The van der Waals surface area contributed by atoms with Crippen molar-refractivity contribution in [2.45, 2.75) is 44.8 Å². The molecule has 1 heterocycles. The highest BCUT2D eigenvalue weighted by Gasteiger charge is 2.36. The van der Waals surface area contributed by atoms with Gasteiger partial charge in [-0.05, 0) is 45.2 Å². The fourth-order valence-corrected chi connectivity index (χ4v) is 2.07. The molecular weight excluding hydrogens is 214 g/mol. The lowest BCUT2D eigenvalue weighted by Gasteiger charge is -2.42. The highest BCUT2D eigenvalue weighted by molar-refractivity contribution is 5.52. The van der Waals surface area contributed by atoms with Crippen molar-refractivity contribution in [2.24, 2.45) is 5.73 Å². The van der Waals surface area contributed by atoms with Crippen LogP contribution in [0.15, 0.2) is 18.3 Å². The smallest absolute Gasteiger partial charge is 0.169 e. The monoisotopic (exact) mass is 235 g/mol.